The first kappa shape index (κ1) is 13.9. The van der Waals surface area contributed by atoms with Crippen LogP contribution in [0.25, 0.3) is 0 Å². The molecular formula is C18H23N. The molecule has 0 saturated heterocycles. The average molecular weight is 253 g/mol. The van der Waals surface area contributed by atoms with E-state index >= 15 is 0 Å². The van der Waals surface area contributed by atoms with Crippen LogP contribution in [-0.2, 0) is 6.42 Å². The lowest BCUT2D eigenvalue weighted by Crippen LogP contribution is -2.11. The summed E-state index contributed by atoms with van der Waals surface area (Å²) in [6.07, 6.45) is 11.1. The predicted molar refractivity (Wildman–Crippen MR) is 79.9 cm³/mol. The number of hydrogen-bond acceptors (Lipinski definition) is 1. The lowest BCUT2D eigenvalue weighted by molar-refractivity contribution is 0.376. The topological polar surface area (TPSA) is 23.8 Å². The fraction of sp³-hybridized carbons (Fsp3) is 0.500. The Bertz CT molecular complexity index is 442. The van der Waals surface area contributed by atoms with Crippen molar-refractivity contribution < 1.29 is 0 Å². The van der Waals surface area contributed by atoms with Gasteiger partial charge in [-0.1, -0.05) is 43.7 Å². The molecular weight excluding hydrogens is 230 g/mol. The first-order chi connectivity index (χ1) is 9.33. The summed E-state index contributed by atoms with van der Waals surface area (Å²) in [5.74, 6) is 1.35. The molecule has 1 fully saturated rings. The van der Waals surface area contributed by atoms with Gasteiger partial charge in [-0.3, -0.25) is 0 Å². The summed E-state index contributed by atoms with van der Waals surface area (Å²) in [6, 6.07) is 11.3. The normalized spacial score (nSPS) is 23.4. The van der Waals surface area contributed by atoms with Crippen LogP contribution in [0.5, 0.6) is 0 Å². The fourth-order valence-electron chi connectivity index (χ4n) is 3.07. The molecule has 1 nitrogen and oxygen atoms in total. The van der Waals surface area contributed by atoms with Crippen LogP contribution in [-0.4, -0.2) is 0 Å². The lowest BCUT2D eigenvalue weighted by Gasteiger charge is -2.27. The van der Waals surface area contributed by atoms with Crippen LogP contribution in [0.4, 0.5) is 0 Å². The Labute approximate surface area is 117 Å². The zero-order valence-corrected chi connectivity index (χ0v) is 11.8. The third kappa shape index (κ3) is 3.96. The molecule has 2 rings (SSSR count). The molecule has 19 heavy (non-hydrogen) atoms. The molecule has 1 heteroatoms. The van der Waals surface area contributed by atoms with Crippen molar-refractivity contribution in [2.75, 3.05) is 0 Å². The van der Waals surface area contributed by atoms with Crippen LogP contribution in [0.15, 0.2) is 36.4 Å². The van der Waals surface area contributed by atoms with Gasteiger partial charge < -0.3 is 0 Å². The Morgan fingerprint density at radius 3 is 2.42 bits per heavy atom. The highest BCUT2D eigenvalue weighted by Gasteiger charge is 2.20. The van der Waals surface area contributed by atoms with E-state index in [1.54, 1.807) is 6.08 Å². The van der Waals surface area contributed by atoms with Gasteiger partial charge in [0.1, 0.15) is 0 Å². The SMILES string of the molecule is CCCc1ccc(C2CCC(C=CC#N)CC2)cc1. The molecule has 1 saturated carbocycles. The van der Waals surface area contributed by atoms with Crippen LogP contribution >= 0.6 is 0 Å². The zero-order chi connectivity index (χ0) is 13.5. The first-order valence-electron chi connectivity index (χ1n) is 7.48. The molecule has 1 aromatic carbocycles. The molecule has 0 unspecified atom stereocenters. The van der Waals surface area contributed by atoms with Crippen LogP contribution in [0.3, 0.4) is 0 Å². The van der Waals surface area contributed by atoms with Gasteiger partial charge in [-0.25, -0.2) is 0 Å². The third-order valence-corrected chi connectivity index (χ3v) is 4.20. The van der Waals surface area contributed by atoms with E-state index in [9.17, 15) is 0 Å². The van der Waals surface area contributed by atoms with Crippen molar-refractivity contribution >= 4 is 0 Å². The molecule has 0 N–H and O–H groups in total. The van der Waals surface area contributed by atoms with Crippen LogP contribution < -0.4 is 0 Å². The number of allylic oxidation sites excluding steroid dienone is 2. The highest BCUT2D eigenvalue weighted by Crippen LogP contribution is 2.36. The minimum atomic E-state index is 0.621. The molecule has 0 amide bonds. The summed E-state index contributed by atoms with van der Waals surface area (Å²) < 4.78 is 0. The molecule has 1 aliphatic rings. The Morgan fingerprint density at radius 2 is 1.84 bits per heavy atom. The Hall–Kier alpha value is -1.55. The number of hydrogen-bond donors (Lipinski definition) is 0. The summed E-state index contributed by atoms with van der Waals surface area (Å²) >= 11 is 0. The van der Waals surface area contributed by atoms with E-state index in [4.69, 9.17) is 5.26 Å². The average Bonchev–Trinajstić information content (AvgIpc) is 2.47. The molecule has 100 valence electrons. The third-order valence-electron chi connectivity index (χ3n) is 4.20. The maximum absolute atomic E-state index is 8.56. The first-order valence-corrected chi connectivity index (χ1v) is 7.48. The number of nitriles is 1. The molecule has 0 spiro atoms. The van der Waals surface area contributed by atoms with Gasteiger partial charge in [-0.2, -0.15) is 5.26 Å². The van der Waals surface area contributed by atoms with Gasteiger partial charge in [-0.15, -0.1) is 0 Å². The number of nitrogens with zero attached hydrogens (tertiary/aromatic N) is 1. The van der Waals surface area contributed by atoms with Gasteiger partial charge in [0.05, 0.1) is 6.07 Å². The van der Waals surface area contributed by atoms with E-state index in [2.05, 4.69) is 43.3 Å². The van der Waals surface area contributed by atoms with E-state index < -0.39 is 0 Å². The molecule has 1 aliphatic carbocycles. The van der Waals surface area contributed by atoms with Crippen LogP contribution in [0.2, 0.25) is 0 Å². The van der Waals surface area contributed by atoms with Gasteiger partial charge in [0.2, 0.25) is 0 Å². The molecule has 0 aromatic heterocycles. The molecule has 1 aromatic rings. The Morgan fingerprint density at radius 1 is 1.16 bits per heavy atom. The summed E-state index contributed by atoms with van der Waals surface area (Å²) in [6.45, 7) is 2.23. The minimum absolute atomic E-state index is 0.621. The van der Waals surface area contributed by atoms with Crippen molar-refractivity contribution in [1.82, 2.24) is 0 Å². The van der Waals surface area contributed by atoms with E-state index in [0.29, 0.717) is 5.92 Å². The monoisotopic (exact) mass is 253 g/mol. The number of benzene rings is 1. The molecule has 0 radical (unpaired) electrons. The van der Waals surface area contributed by atoms with Crippen LogP contribution in [0.1, 0.15) is 56.1 Å². The lowest BCUT2D eigenvalue weighted by atomic mass is 9.78. The predicted octanol–water partition coefficient (Wildman–Crippen LogP) is 4.99. The highest BCUT2D eigenvalue weighted by molar-refractivity contribution is 5.26. The molecule has 0 aliphatic heterocycles. The Balaban J connectivity index is 1.90. The summed E-state index contributed by atoms with van der Waals surface area (Å²) in [5, 5.41) is 8.56. The maximum atomic E-state index is 8.56. The van der Waals surface area contributed by atoms with Crippen molar-refractivity contribution in [2.24, 2.45) is 5.92 Å². The zero-order valence-electron chi connectivity index (χ0n) is 11.8. The maximum Gasteiger partial charge on any atom is 0.0908 e. The quantitative estimate of drug-likeness (QED) is 0.693. The smallest absolute Gasteiger partial charge is 0.0908 e. The fourth-order valence-corrected chi connectivity index (χ4v) is 3.07. The van der Waals surface area contributed by atoms with E-state index in [-0.39, 0.29) is 0 Å². The van der Waals surface area contributed by atoms with Gasteiger partial charge in [0.15, 0.2) is 0 Å². The van der Waals surface area contributed by atoms with Crippen molar-refractivity contribution in [3.05, 3.63) is 47.5 Å². The molecule has 0 heterocycles. The van der Waals surface area contributed by atoms with E-state index in [0.717, 1.165) is 5.92 Å². The second-order valence-corrected chi connectivity index (χ2v) is 5.59. The van der Waals surface area contributed by atoms with Gasteiger partial charge in [0.25, 0.3) is 0 Å². The second kappa shape index (κ2) is 7.14. The van der Waals surface area contributed by atoms with Gasteiger partial charge in [0, 0.05) is 6.08 Å². The number of aryl methyl sites for hydroxylation is 1. The summed E-state index contributed by atoms with van der Waals surface area (Å²) in [7, 11) is 0. The summed E-state index contributed by atoms with van der Waals surface area (Å²) in [5.41, 5.74) is 2.96. The number of rotatable bonds is 4. The second-order valence-electron chi connectivity index (χ2n) is 5.59. The van der Waals surface area contributed by atoms with Crippen molar-refractivity contribution in [1.29, 1.82) is 5.26 Å². The van der Waals surface area contributed by atoms with Crippen molar-refractivity contribution in [3.8, 4) is 6.07 Å². The molecule has 0 bridgehead atoms. The highest BCUT2D eigenvalue weighted by atomic mass is 14.3. The summed E-state index contributed by atoms with van der Waals surface area (Å²) in [4.78, 5) is 0. The van der Waals surface area contributed by atoms with Crippen molar-refractivity contribution in [3.63, 3.8) is 0 Å². The molecule has 0 atom stereocenters. The minimum Gasteiger partial charge on any atom is -0.193 e. The standard InChI is InChI=1S/C18H23N/c1-2-4-15-6-10-17(11-7-15)18-12-8-16(9-13-18)5-3-14-19/h3,5-7,10-11,16,18H,2,4,8-9,12-13H2,1H3. The van der Waals surface area contributed by atoms with E-state index in [1.165, 1.54) is 49.7 Å². The largest absolute Gasteiger partial charge is 0.193 e. The van der Waals surface area contributed by atoms with Crippen molar-refractivity contribution in [2.45, 2.75) is 51.4 Å². The van der Waals surface area contributed by atoms with E-state index in [1.807, 2.05) is 0 Å². The van der Waals surface area contributed by atoms with Gasteiger partial charge >= 0.3 is 0 Å². The Kier molecular flexibility index (Phi) is 5.21. The van der Waals surface area contributed by atoms with Gasteiger partial charge in [-0.05, 0) is 55.1 Å². The van der Waals surface area contributed by atoms with Crippen LogP contribution in [0, 0.1) is 17.2 Å².